The van der Waals surface area contributed by atoms with Gasteiger partial charge in [0.25, 0.3) is 11.8 Å². The summed E-state index contributed by atoms with van der Waals surface area (Å²) >= 11 is 1.16. The molecule has 8 heteroatoms. The third-order valence-electron chi connectivity index (χ3n) is 3.18. The molecule has 0 saturated heterocycles. The third kappa shape index (κ3) is 5.32. The molecule has 1 atom stereocenters. The van der Waals surface area contributed by atoms with Crippen LogP contribution in [0.2, 0.25) is 0 Å². The average Bonchev–Trinajstić information content (AvgIpc) is 3.06. The van der Waals surface area contributed by atoms with Crippen LogP contribution in [0, 0.1) is 0 Å². The summed E-state index contributed by atoms with van der Waals surface area (Å²) in [6.45, 7) is 1.29. The molecule has 0 aliphatic heterocycles. The Hall–Kier alpha value is -2.87. The number of esters is 1. The number of hydrogen-bond acceptors (Lipinski definition) is 6. The van der Waals surface area contributed by atoms with Crippen LogP contribution in [0.1, 0.15) is 23.7 Å². The number of rotatable bonds is 8. The van der Waals surface area contributed by atoms with E-state index in [0.29, 0.717) is 17.2 Å². The van der Waals surface area contributed by atoms with Crippen molar-refractivity contribution in [2.75, 3.05) is 11.9 Å². The second kappa shape index (κ2) is 8.84. The van der Waals surface area contributed by atoms with Crippen molar-refractivity contribution in [2.24, 2.45) is 5.73 Å². The Kier molecular flexibility index (Phi) is 6.53. The maximum atomic E-state index is 12.1. The summed E-state index contributed by atoms with van der Waals surface area (Å²) in [5.74, 6) is -1.30. The van der Waals surface area contributed by atoms with E-state index in [2.05, 4.69) is 5.32 Å². The Bertz CT molecular complexity index is 745. The predicted molar refractivity (Wildman–Crippen MR) is 93.6 cm³/mol. The molecule has 2 aromatic rings. The lowest BCUT2D eigenvalue weighted by atomic mass is 10.2. The van der Waals surface area contributed by atoms with Crippen molar-refractivity contribution in [1.29, 1.82) is 0 Å². The highest BCUT2D eigenvalue weighted by Gasteiger charge is 2.21. The Morgan fingerprint density at radius 3 is 2.56 bits per heavy atom. The number of primary amides is 1. The number of anilines is 1. The normalized spacial score (nSPS) is 11.4. The van der Waals surface area contributed by atoms with Gasteiger partial charge in [-0.25, -0.2) is 4.79 Å². The van der Waals surface area contributed by atoms with Crippen LogP contribution in [0.15, 0.2) is 41.8 Å². The van der Waals surface area contributed by atoms with E-state index in [-0.39, 0.29) is 5.56 Å². The standard InChI is InChI=1S/C17H18N2O5S/c1-2-13(24-11-6-4-3-5-7-11)17(22)23-10-14(20)19-16-12(15(18)21)8-9-25-16/h3-9,13H,2,10H2,1H3,(H2,18,21)(H,19,20)/t13-/m1/s1. The number of hydrogen-bond donors (Lipinski definition) is 2. The van der Waals surface area contributed by atoms with Crippen molar-refractivity contribution < 1.29 is 23.9 Å². The van der Waals surface area contributed by atoms with Crippen LogP contribution < -0.4 is 15.8 Å². The first kappa shape index (κ1) is 18.5. The highest BCUT2D eigenvalue weighted by atomic mass is 32.1. The van der Waals surface area contributed by atoms with Gasteiger partial charge in [-0.15, -0.1) is 11.3 Å². The number of para-hydroxylation sites is 1. The zero-order valence-corrected chi connectivity index (χ0v) is 14.4. The molecule has 3 N–H and O–H groups in total. The fourth-order valence-corrected chi connectivity index (χ4v) is 2.76. The van der Waals surface area contributed by atoms with Crippen LogP contribution in [-0.2, 0) is 14.3 Å². The van der Waals surface area contributed by atoms with Crippen molar-refractivity contribution in [3.05, 3.63) is 47.3 Å². The summed E-state index contributed by atoms with van der Waals surface area (Å²) in [6.07, 6.45) is -0.412. The van der Waals surface area contributed by atoms with Crippen LogP contribution in [0.3, 0.4) is 0 Å². The van der Waals surface area contributed by atoms with E-state index in [1.807, 2.05) is 6.07 Å². The molecule has 0 fully saturated rings. The molecule has 2 rings (SSSR count). The van der Waals surface area contributed by atoms with Crippen molar-refractivity contribution in [3.63, 3.8) is 0 Å². The molecular formula is C17H18N2O5S. The fraction of sp³-hybridized carbons (Fsp3) is 0.235. The van der Waals surface area contributed by atoms with Crippen molar-refractivity contribution in [3.8, 4) is 5.75 Å². The maximum Gasteiger partial charge on any atom is 0.347 e. The van der Waals surface area contributed by atoms with Gasteiger partial charge in [0, 0.05) is 0 Å². The molecule has 0 aliphatic carbocycles. The van der Waals surface area contributed by atoms with Crippen molar-refractivity contribution in [1.82, 2.24) is 0 Å². The number of nitrogens with two attached hydrogens (primary N) is 1. The summed E-state index contributed by atoms with van der Waals surface area (Å²) in [5.41, 5.74) is 5.41. The minimum Gasteiger partial charge on any atom is -0.479 e. The van der Waals surface area contributed by atoms with Crippen LogP contribution >= 0.6 is 11.3 Å². The average molecular weight is 362 g/mol. The van der Waals surface area contributed by atoms with E-state index in [1.54, 1.807) is 36.6 Å². The molecular weight excluding hydrogens is 344 g/mol. The van der Waals surface area contributed by atoms with Gasteiger partial charge in [0.1, 0.15) is 10.8 Å². The van der Waals surface area contributed by atoms with Gasteiger partial charge < -0.3 is 20.5 Å². The number of ether oxygens (including phenoxy) is 2. The molecule has 1 aromatic carbocycles. The zero-order chi connectivity index (χ0) is 18.2. The third-order valence-corrected chi connectivity index (χ3v) is 4.01. The molecule has 0 bridgehead atoms. The minimum absolute atomic E-state index is 0.212. The van der Waals surface area contributed by atoms with Crippen LogP contribution in [0.5, 0.6) is 5.75 Å². The summed E-state index contributed by atoms with van der Waals surface area (Å²) in [7, 11) is 0. The summed E-state index contributed by atoms with van der Waals surface area (Å²) < 4.78 is 10.5. The van der Waals surface area contributed by atoms with Gasteiger partial charge in [-0.05, 0) is 30.0 Å². The minimum atomic E-state index is -0.807. The van der Waals surface area contributed by atoms with E-state index in [4.69, 9.17) is 15.2 Å². The van der Waals surface area contributed by atoms with Gasteiger partial charge in [0.05, 0.1) is 5.56 Å². The first-order valence-corrected chi connectivity index (χ1v) is 8.44. The van der Waals surface area contributed by atoms with Gasteiger partial charge in [-0.3, -0.25) is 9.59 Å². The second-order valence-corrected chi connectivity index (χ2v) is 5.93. The molecule has 0 spiro atoms. The molecule has 132 valence electrons. The monoisotopic (exact) mass is 362 g/mol. The highest BCUT2D eigenvalue weighted by Crippen LogP contribution is 2.22. The molecule has 2 amide bonds. The molecule has 1 aromatic heterocycles. The SMILES string of the molecule is CC[C@@H](Oc1ccccc1)C(=O)OCC(=O)Nc1sccc1C(N)=O. The predicted octanol–water partition coefficient (Wildman–Crippen LogP) is 2.19. The van der Waals surface area contributed by atoms with E-state index >= 15 is 0 Å². The highest BCUT2D eigenvalue weighted by molar-refractivity contribution is 7.14. The molecule has 1 heterocycles. The lowest BCUT2D eigenvalue weighted by molar-refractivity contribution is -0.154. The van der Waals surface area contributed by atoms with Crippen LogP contribution in [0.4, 0.5) is 5.00 Å². The van der Waals surface area contributed by atoms with E-state index in [9.17, 15) is 14.4 Å². The Morgan fingerprint density at radius 1 is 1.20 bits per heavy atom. The van der Waals surface area contributed by atoms with Crippen molar-refractivity contribution in [2.45, 2.75) is 19.4 Å². The van der Waals surface area contributed by atoms with Gasteiger partial charge in [-0.2, -0.15) is 0 Å². The van der Waals surface area contributed by atoms with Gasteiger partial charge in [0.2, 0.25) is 0 Å². The molecule has 0 unspecified atom stereocenters. The van der Waals surface area contributed by atoms with Crippen LogP contribution in [0.25, 0.3) is 0 Å². The largest absolute Gasteiger partial charge is 0.479 e. The number of carbonyl (C=O) groups is 3. The van der Waals surface area contributed by atoms with E-state index < -0.39 is 30.5 Å². The first-order valence-electron chi connectivity index (χ1n) is 7.56. The second-order valence-electron chi connectivity index (χ2n) is 5.01. The Balaban J connectivity index is 1.86. The van der Waals surface area contributed by atoms with E-state index in [1.165, 1.54) is 6.07 Å². The number of nitrogens with one attached hydrogen (secondary N) is 1. The quantitative estimate of drug-likeness (QED) is 0.700. The van der Waals surface area contributed by atoms with Gasteiger partial charge in [0.15, 0.2) is 12.7 Å². The number of carbonyl (C=O) groups excluding carboxylic acids is 3. The van der Waals surface area contributed by atoms with Crippen molar-refractivity contribution >= 4 is 34.1 Å². The van der Waals surface area contributed by atoms with Crippen LogP contribution in [-0.4, -0.2) is 30.5 Å². The molecule has 0 saturated carbocycles. The molecule has 7 nitrogen and oxygen atoms in total. The first-order chi connectivity index (χ1) is 12.0. The molecule has 25 heavy (non-hydrogen) atoms. The van der Waals surface area contributed by atoms with E-state index in [0.717, 1.165) is 11.3 Å². The lowest BCUT2D eigenvalue weighted by Crippen LogP contribution is -2.31. The summed E-state index contributed by atoms with van der Waals surface area (Å²) in [4.78, 5) is 35.2. The van der Waals surface area contributed by atoms with Gasteiger partial charge in [-0.1, -0.05) is 25.1 Å². The lowest BCUT2D eigenvalue weighted by Gasteiger charge is -2.16. The Morgan fingerprint density at radius 2 is 1.92 bits per heavy atom. The maximum absolute atomic E-state index is 12.1. The Labute approximate surface area is 148 Å². The zero-order valence-electron chi connectivity index (χ0n) is 13.6. The van der Waals surface area contributed by atoms with Gasteiger partial charge >= 0.3 is 5.97 Å². The number of benzene rings is 1. The topological polar surface area (TPSA) is 108 Å². The summed E-state index contributed by atoms with van der Waals surface area (Å²) in [6, 6.07) is 10.4. The smallest absolute Gasteiger partial charge is 0.347 e. The number of amides is 2. The number of thiophene rings is 1. The summed E-state index contributed by atoms with van der Waals surface area (Å²) in [5, 5.41) is 4.44. The fourth-order valence-electron chi connectivity index (χ4n) is 1.95. The molecule has 0 aliphatic rings. The molecule has 0 radical (unpaired) electrons.